The number of ether oxygens (including phenoxy) is 1. The van der Waals surface area contributed by atoms with Gasteiger partial charge >= 0.3 is 0 Å². The highest BCUT2D eigenvalue weighted by atomic mass is 16.5. The molecule has 1 aliphatic rings. The second-order valence-electron chi connectivity index (χ2n) is 6.58. The van der Waals surface area contributed by atoms with Crippen molar-refractivity contribution in [1.29, 1.82) is 0 Å². The number of nitrogens with one attached hydrogen (secondary N) is 1. The molecule has 1 aromatic heterocycles. The fraction of sp³-hybridized carbons (Fsp3) is 0.667. The maximum absolute atomic E-state index is 11.5. The number of hydrogen-bond donors (Lipinski definition) is 2. The third-order valence-corrected chi connectivity index (χ3v) is 3.92. The quantitative estimate of drug-likeness (QED) is 0.505. The molecule has 1 aliphatic carbocycles. The van der Waals surface area contributed by atoms with Crippen LogP contribution in [-0.4, -0.2) is 12.0 Å². The van der Waals surface area contributed by atoms with Gasteiger partial charge in [0.2, 0.25) is 0 Å². The SMILES string of the molecule is CC1CC(OCc2occc2C(=O)NN)CC(C)(C)C1. The Morgan fingerprint density at radius 1 is 1.55 bits per heavy atom. The van der Waals surface area contributed by atoms with Gasteiger partial charge in [0.1, 0.15) is 12.4 Å². The molecule has 0 radical (unpaired) electrons. The topological polar surface area (TPSA) is 77.5 Å². The molecule has 1 fully saturated rings. The lowest BCUT2D eigenvalue weighted by molar-refractivity contribution is -0.0370. The molecule has 2 unspecified atom stereocenters. The second-order valence-corrected chi connectivity index (χ2v) is 6.58. The molecule has 5 heteroatoms. The van der Waals surface area contributed by atoms with Crippen LogP contribution in [0.4, 0.5) is 0 Å². The molecule has 112 valence electrons. The summed E-state index contributed by atoms with van der Waals surface area (Å²) < 4.78 is 11.3. The Morgan fingerprint density at radius 3 is 2.95 bits per heavy atom. The van der Waals surface area contributed by atoms with Gasteiger partial charge in [-0.3, -0.25) is 10.2 Å². The number of rotatable bonds is 4. The molecule has 20 heavy (non-hydrogen) atoms. The Hall–Kier alpha value is -1.33. The maximum atomic E-state index is 11.5. The van der Waals surface area contributed by atoms with Crippen molar-refractivity contribution in [1.82, 2.24) is 5.43 Å². The number of nitrogens with two attached hydrogens (primary N) is 1. The van der Waals surface area contributed by atoms with E-state index in [9.17, 15) is 4.79 Å². The second kappa shape index (κ2) is 5.97. The summed E-state index contributed by atoms with van der Waals surface area (Å²) >= 11 is 0. The van der Waals surface area contributed by atoms with E-state index in [2.05, 4.69) is 26.2 Å². The van der Waals surface area contributed by atoms with E-state index >= 15 is 0 Å². The van der Waals surface area contributed by atoms with Gasteiger partial charge in [0.05, 0.1) is 17.9 Å². The summed E-state index contributed by atoms with van der Waals surface area (Å²) in [6, 6.07) is 1.61. The number of furan rings is 1. The van der Waals surface area contributed by atoms with Gasteiger partial charge in [-0.2, -0.15) is 0 Å². The van der Waals surface area contributed by atoms with Gasteiger partial charge in [0, 0.05) is 0 Å². The molecule has 2 rings (SSSR count). The van der Waals surface area contributed by atoms with Gasteiger partial charge < -0.3 is 9.15 Å². The minimum absolute atomic E-state index is 0.215. The zero-order valence-corrected chi connectivity index (χ0v) is 12.4. The van der Waals surface area contributed by atoms with Crippen LogP contribution in [0, 0.1) is 11.3 Å². The van der Waals surface area contributed by atoms with Crippen molar-refractivity contribution >= 4 is 5.91 Å². The van der Waals surface area contributed by atoms with E-state index in [0.29, 0.717) is 29.3 Å². The number of carbonyl (C=O) groups is 1. The van der Waals surface area contributed by atoms with E-state index in [4.69, 9.17) is 15.0 Å². The van der Waals surface area contributed by atoms with Crippen LogP contribution in [0.2, 0.25) is 0 Å². The average Bonchev–Trinajstić information content (AvgIpc) is 2.81. The van der Waals surface area contributed by atoms with Gasteiger partial charge in [-0.1, -0.05) is 20.8 Å². The lowest BCUT2D eigenvalue weighted by atomic mass is 9.71. The average molecular weight is 280 g/mol. The Labute approximate surface area is 119 Å². The lowest BCUT2D eigenvalue weighted by Crippen LogP contribution is -2.33. The number of amides is 1. The molecule has 2 atom stereocenters. The van der Waals surface area contributed by atoms with Crippen molar-refractivity contribution in [3.8, 4) is 0 Å². The molecule has 0 saturated heterocycles. The van der Waals surface area contributed by atoms with E-state index in [0.717, 1.165) is 12.8 Å². The maximum Gasteiger partial charge on any atom is 0.268 e. The van der Waals surface area contributed by atoms with Crippen molar-refractivity contribution in [3.05, 3.63) is 23.7 Å². The smallest absolute Gasteiger partial charge is 0.268 e. The number of hydrogen-bond acceptors (Lipinski definition) is 4. The van der Waals surface area contributed by atoms with Gasteiger partial charge in [-0.05, 0) is 36.7 Å². The molecular formula is C15H24N2O3. The molecule has 0 bridgehead atoms. The van der Waals surface area contributed by atoms with E-state index in [1.807, 2.05) is 0 Å². The first-order chi connectivity index (χ1) is 9.41. The first-order valence-corrected chi connectivity index (χ1v) is 7.10. The van der Waals surface area contributed by atoms with Crippen LogP contribution in [0.5, 0.6) is 0 Å². The monoisotopic (exact) mass is 280 g/mol. The zero-order valence-electron chi connectivity index (χ0n) is 12.4. The highest BCUT2D eigenvalue weighted by Gasteiger charge is 2.32. The van der Waals surface area contributed by atoms with Crippen molar-refractivity contribution in [2.75, 3.05) is 0 Å². The van der Waals surface area contributed by atoms with E-state index in [-0.39, 0.29) is 12.0 Å². The van der Waals surface area contributed by atoms with Crippen LogP contribution in [0.25, 0.3) is 0 Å². The van der Waals surface area contributed by atoms with Crippen LogP contribution in [-0.2, 0) is 11.3 Å². The molecule has 5 nitrogen and oxygen atoms in total. The summed E-state index contributed by atoms with van der Waals surface area (Å²) in [7, 11) is 0. The fourth-order valence-corrected chi connectivity index (χ4v) is 3.31. The summed E-state index contributed by atoms with van der Waals surface area (Å²) in [5.41, 5.74) is 2.86. The van der Waals surface area contributed by atoms with Crippen molar-refractivity contribution < 1.29 is 13.9 Å². The number of nitrogen functional groups attached to an aromatic ring is 1. The Morgan fingerprint density at radius 2 is 2.30 bits per heavy atom. The molecule has 1 amide bonds. The molecule has 1 aromatic rings. The number of carbonyl (C=O) groups excluding carboxylic acids is 1. The molecule has 0 aliphatic heterocycles. The molecule has 1 saturated carbocycles. The van der Waals surface area contributed by atoms with Crippen LogP contribution in [0.1, 0.15) is 56.2 Å². The molecule has 1 heterocycles. The minimum atomic E-state index is -0.352. The van der Waals surface area contributed by atoms with E-state index in [1.54, 1.807) is 6.07 Å². The predicted molar refractivity (Wildman–Crippen MR) is 75.7 cm³/mol. The summed E-state index contributed by atoms with van der Waals surface area (Å²) in [5.74, 6) is 5.98. The molecular weight excluding hydrogens is 256 g/mol. The van der Waals surface area contributed by atoms with E-state index in [1.165, 1.54) is 12.7 Å². The molecule has 0 spiro atoms. The summed E-state index contributed by atoms with van der Waals surface area (Å²) in [6.45, 7) is 7.12. The van der Waals surface area contributed by atoms with Crippen LogP contribution in [0.3, 0.4) is 0 Å². The van der Waals surface area contributed by atoms with E-state index < -0.39 is 0 Å². The standard InChI is InChI=1S/C15H24N2O3/c1-10-6-11(8-15(2,3)7-10)20-9-13-12(4-5-19-13)14(18)17-16/h4-5,10-11H,6-9,16H2,1-3H3,(H,17,18). The lowest BCUT2D eigenvalue weighted by Gasteiger charge is -2.38. The highest BCUT2D eigenvalue weighted by molar-refractivity contribution is 5.94. The summed E-state index contributed by atoms with van der Waals surface area (Å²) in [6.07, 6.45) is 5.03. The zero-order chi connectivity index (χ0) is 14.8. The summed E-state index contributed by atoms with van der Waals surface area (Å²) in [5, 5.41) is 0. The highest BCUT2D eigenvalue weighted by Crippen LogP contribution is 2.39. The van der Waals surface area contributed by atoms with Crippen molar-refractivity contribution in [2.45, 2.75) is 52.7 Å². The van der Waals surface area contributed by atoms with Crippen LogP contribution in [0.15, 0.2) is 16.7 Å². The largest absolute Gasteiger partial charge is 0.466 e. The third-order valence-electron chi connectivity index (χ3n) is 3.92. The third kappa shape index (κ3) is 3.61. The van der Waals surface area contributed by atoms with Gasteiger partial charge in [0.15, 0.2) is 0 Å². The Bertz CT molecular complexity index is 467. The molecule has 0 aromatic carbocycles. The van der Waals surface area contributed by atoms with Crippen molar-refractivity contribution in [2.24, 2.45) is 17.2 Å². The molecule has 3 N–H and O–H groups in total. The number of hydrazine groups is 1. The minimum Gasteiger partial charge on any atom is -0.466 e. The predicted octanol–water partition coefficient (Wildman–Crippen LogP) is 2.61. The Balaban J connectivity index is 1.95. The van der Waals surface area contributed by atoms with Gasteiger partial charge in [0.25, 0.3) is 5.91 Å². The van der Waals surface area contributed by atoms with Gasteiger partial charge in [-0.15, -0.1) is 0 Å². The van der Waals surface area contributed by atoms with Gasteiger partial charge in [-0.25, -0.2) is 5.84 Å². The normalized spacial score (nSPS) is 25.4. The van der Waals surface area contributed by atoms with Crippen LogP contribution >= 0.6 is 0 Å². The van der Waals surface area contributed by atoms with Crippen molar-refractivity contribution in [3.63, 3.8) is 0 Å². The Kier molecular flexibility index (Phi) is 4.50. The first kappa shape index (κ1) is 15.1. The van der Waals surface area contributed by atoms with Crippen LogP contribution < -0.4 is 11.3 Å². The summed E-state index contributed by atoms with van der Waals surface area (Å²) in [4.78, 5) is 11.5. The fourth-order valence-electron chi connectivity index (χ4n) is 3.31. The first-order valence-electron chi connectivity index (χ1n) is 7.10.